The standard InChI is InChI=1S/C21H29BrN4O4/c1-14-18(22)15(2)26(23-14)13-16-7-8-17(29-16)19(27)24-9-6-10-25(12-11-24)20(28)30-21(3,4)5/h7-8H,6,9-13H2,1-5H3. The molecule has 0 aliphatic carbocycles. The lowest BCUT2D eigenvalue weighted by atomic mass is 10.2. The fourth-order valence-electron chi connectivity index (χ4n) is 3.34. The highest BCUT2D eigenvalue weighted by Gasteiger charge is 2.27. The van der Waals surface area contributed by atoms with Gasteiger partial charge in [0.15, 0.2) is 5.76 Å². The van der Waals surface area contributed by atoms with Gasteiger partial charge >= 0.3 is 6.09 Å². The van der Waals surface area contributed by atoms with Crippen molar-refractivity contribution in [1.29, 1.82) is 0 Å². The summed E-state index contributed by atoms with van der Waals surface area (Å²) in [5.41, 5.74) is 1.38. The molecule has 3 rings (SSSR count). The molecule has 1 aliphatic heterocycles. The van der Waals surface area contributed by atoms with Crippen molar-refractivity contribution >= 4 is 27.9 Å². The first-order valence-corrected chi connectivity index (χ1v) is 10.9. The van der Waals surface area contributed by atoms with E-state index in [9.17, 15) is 9.59 Å². The van der Waals surface area contributed by atoms with E-state index in [1.807, 2.05) is 45.4 Å². The van der Waals surface area contributed by atoms with Crippen molar-refractivity contribution in [3.8, 4) is 0 Å². The Morgan fingerprint density at radius 1 is 1.13 bits per heavy atom. The minimum absolute atomic E-state index is 0.165. The Balaban J connectivity index is 1.62. The Kier molecular flexibility index (Phi) is 6.59. The van der Waals surface area contributed by atoms with Crippen LogP contribution in [0, 0.1) is 13.8 Å². The van der Waals surface area contributed by atoms with E-state index in [0.717, 1.165) is 15.9 Å². The third-order valence-electron chi connectivity index (χ3n) is 4.91. The fraction of sp³-hybridized carbons (Fsp3) is 0.571. The minimum Gasteiger partial charge on any atom is -0.454 e. The molecule has 0 bridgehead atoms. The number of carbonyl (C=O) groups is 2. The molecule has 2 aromatic rings. The summed E-state index contributed by atoms with van der Waals surface area (Å²) in [6.45, 7) is 11.9. The second-order valence-electron chi connectivity index (χ2n) is 8.52. The molecule has 0 saturated carbocycles. The zero-order valence-electron chi connectivity index (χ0n) is 18.2. The number of ether oxygens (including phenoxy) is 1. The monoisotopic (exact) mass is 480 g/mol. The number of amides is 2. The molecule has 3 heterocycles. The summed E-state index contributed by atoms with van der Waals surface area (Å²) in [7, 11) is 0. The third-order valence-corrected chi connectivity index (χ3v) is 6.05. The number of carbonyl (C=O) groups excluding carboxylic acids is 2. The Labute approximate surface area is 185 Å². The van der Waals surface area contributed by atoms with Gasteiger partial charge in [-0.15, -0.1) is 0 Å². The van der Waals surface area contributed by atoms with Crippen molar-refractivity contribution in [2.24, 2.45) is 0 Å². The molecule has 8 nitrogen and oxygen atoms in total. The van der Waals surface area contributed by atoms with Gasteiger partial charge in [-0.05, 0) is 69.1 Å². The largest absolute Gasteiger partial charge is 0.454 e. The summed E-state index contributed by atoms with van der Waals surface area (Å²) in [6, 6.07) is 3.51. The molecule has 30 heavy (non-hydrogen) atoms. The smallest absolute Gasteiger partial charge is 0.410 e. The predicted octanol–water partition coefficient (Wildman–Crippen LogP) is 3.99. The molecule has 0 radical (unpaired) electrons. The molecular weight excluding hydrogens is 452 g/mol. The Morgan fingerprint density at radius 2 is 1.80 bits per heavy atom. The molecular formula is C21H29BrN4O4. The number of aryl methyl sites for hydroxylation is 1. The van der Waals surface area contributed by atoms with Crippen molar-refractivity contribution in [3.63, 3.8) is 0 Å². The maximum Gasteiger partial charge on any atom is 0.410 e. The first kappa shape index (κ1) is 22.4. The van der Waals surface area contributed by atoms with Gasteiger partial charge in [0.1, 0.15) is 11.4 Å². The van der Waals surface area contributed by atoms with Gasteiger partial charge in [0.25, 0.3) is 5.91 Å². The van der Waals surface area contributed by atoms with Crippen LogP contribution in [0.5, 0.6) is 0 Å². The van der Waals surface area contributed by atoms with E-state index in [2.05, 4.69) is 21.0 Å². The van der Waals surface area contributed by atoms with Gasteiger partial charge < -0.3 is 19.0 Å². The van der Waals surface area contributed by atoms with Crippen LogP contribution in [0.1, 0.15) is 54.9 Å². The first-order chi connectivity index (χ1) is 14.0. The molecule has 9 heteroatoms. The van der Waals surface area contributed by atoms with Crippen LogP contribution in [0.3, 0.4) is 0 Å². The van der Waals surface area contributed by atoms with Gasteiger partial charge in [-0.2, -0.15) is 5.10 Å². The molecule has 1 fully saturated rings. The lowest BCUT2D eigenvalue weighted by Gasteiger charge is -2.26. The molecule has 0 spiro atoms. The number of aromatic nitrogens is 2. The lowest BCUT2D eigenvalue weighted by Crippen LogP contribution is -2.40. The summed E-state index contributed by atoms with van der Waals surface area (Å²) in [5, 5.41) is 4.48. The Hall–Kier alpha value is -2.29. The van der Waals surface area contributed by atoms with Crippen molar-refractivity contribution in [2.75, 3.05) is 26.2 Å². The quantitative estimate of drug-likeness (QED) is 0.663. The summed E-state index contributed by atoms with van der Waals surface area (Å²) in [5.74, 6) is 0.805. The van der Waals surface area contributed by atoms with E-state index < -0.39 is 5.60 Å². The first-order valence-electron chi connectivity index (χ1n) is 10.1. The van der Waals surface area contributed by atoms with Crippen LogP contribution in [-0.2, 0) is 11.3 Å². The fourth-order valence-corrected chi connectivity index (χ4v) is 3.62. The second kappa shape index (κ2) is 8.83. The summed E-state index contributed by atoms with van der Waals surface area (Å²) in [6.07, 6.45) is 0.353. The van der Waals surface area contributed by atoms with Crippen LogP contribution in [0.15, 0.2) is 21.0 Å². The van der Waals surface area contributed by atoms with Crippen molar-refractivity contribution < 1.29 is 18.7 Å². The Bertz CT molecular complexity index is 928. The van der Waals surface area contributed by atoms with Gasteiger partial charge in [-0.3, -0.25) is 9.48 Å². The van der Waals surface area contributed by atoms with E-state index in [4.69, 9.17) is 9.15 Å². The van der Waals surface area contributed by atoms with Gasteiger partial charge in [0.05, 0.1) is 22.4 Å². The zero-order valence-corrected chi connectivity index (χ0v) is 19.8. The van der Waals surface area contributed by atoms with E-state index in [-0.39, 0.29) is 12.0 Å². The van der Waals surface area contributed by atoms with Crippen LogP contribution in [0.25, 0.3) is 0 Å². The highest BCUT2D eigenvalue weighted by molar-refractivity contribution is 9.10. The minimum atomic E-state index is -0.537. The number of hydrogen-bond acceptors (Lipinski definition) is 5. The molecule has 1 aliphatic rings. The van der Waals surface area contributed by atoms with Crippen molar-refractivity contribution in [2.45, 2.75) is 53.2 Å². The zero-order chi connectivity index (χ0) is 22.1. The third kappa shape index (κ3) is 5.24. The molecule has 164 valence electrons. The van der Waals surface area contributed by atoms with Gasteiger partial charge in [-0.1, -0.05) is 0 Å². The lowest BCUT2D eigenvalue weighted by molar-refractivity contribution is 0.0255. The van der Waals surface area contributed by atoms with E-state index in [0.29, 0.717) is 50.7 Å². The van der Waals surface area contributed by atoms with Crippen molar-refractivity contribution in [3.05, 3.63) is 39.5 Å². The summed E-state index contributed by atoms with van der Waals surface area (Å²) in [4.78, 5) is 28.6. The molecule has 0 aromatic carbocycles. The summed E-state index contributed by atoms with van der Waals surface area (Å²) >= 11 is 3.52. The molecule has 0 atom stereocenters. The van der Waals surface area contributed by atoms with E-state index in [1.54, 1.807) is 15.9 Å². The molecule has 1 saturated heterocycles. The second-order valence-corrected chi connectivity index (χ2v) is 9.31. The van der Waals surface area contributed by atoms with Crippen LogP contribution < -0.4 is 0 Å². The van der Waals surface area contributed by atoms with E-state index in [1.165, 1.54) is 0 Å². The number of hydrogen-bond donors (Lipinski definition) is 0. The van der Waals surface area contributed by atoms with Crippen LogP contribution >= 0.6 is 15.9 Å². The van der Waals surface area contributed by atoms with Gasteiger partial charge in [0.2, 0.25) is 0 Å². The predicted molar refractivity (Wildman–Crippen MR) is 116 cm³/mol. The van der Waals surface area contributed by atoms with Crippen molar-refractivity contribution in [1.82, 2.24) is 19.6 Å². The maximum atomic E-state index is 12.9. The average molecular weight is 481 g/mol. The average Bonchev–Trinajstić information content (AvgIpc) is 3.10. The molecule has 2 amide bonds. The van der Waals surface area contributed by atoms with Gasteiger partial charge in [-0.25, -0.2) is 4.79 Å². The SMILES string of the molecule is Cc1nn(Cc2ccc(C(=O)N3CCCN(C(=O)OC(C)(C)C)CC3)o2)c(C)c1Br. The number of rotatable bonds is 3. The Morgan fingerprint density at radius 3 is 2.43 bits per heavy atom. The number of nitrogens with zero attached hydrogens (tertiary/aromatic N) is 4. The normalized spacial score (nSPS) is 15.3. The van der Waals surface area contributed by atoms with Crippen LogP contribution in [0.2, 0.25) is 0 Å². The highest BCUT2D eigenvalue weighted by atomic mass is 79.9. The van der Waals surface area contributed by atoms with Crippen LogP contribution in [-0.4, -0.2) is 63.4 Å². The van der Waals surface area contributed by atoms with E-state index >= 15 is 0 Å². The number of halogens is 1. The van der Waals surface area contributed by atoms with Gasteiger partial charge in [0, 0.05) is 26.2 Å². The summed E-state index contributed by atoms with van der Waals surface area (Å²) < 4.78 is 14.1. The topological polar surface area (TPSA) is 80.8 Å². The number of furan rings is 1. The van der Waals surface area contributed by atoms with Crippen LogP contribution in [0.4, 0.5) is 4.79 Å². The maximum absolute atomic E-state index is 12.9. The molecule has 0 unspecified atom stereocenters. The molecule has 2 aromatic heterocycles. The highest BCUT2D eigenvalue weighted by Crippen LogP contribution is 2.21. The molecule has 0 N–H and O–H groups in total.